The fraction of sp³-hybridized carbons (Fsp3) is 0.286. The van der Waals surface area contributed by atoms with Crippen LogP contribution >= 0.6 is 0 Å². The summed E-state index contributed by atoms with van der Waals surface area (Å²) in [5.41, 5.74) is 4.19. The van der Waals surface area contributed by atoms with Crippen molar-refractivity contribution < 1.29 is 14.3 Å². The van der Waals surface area contributed by atoms with Crippen LogP contribution in [0.2, 0.25) is 0 Å². The molecule has 1 unspecified atom stereocenters. The number of fused-ring (bicyclic) bond motifs is 3. The molecule has 1 spiro atoms. The predicted molar refractivity (Wildman–Crippen MR) is 129 cm³/mol. The molecule has 2 aromatic heterocycles. The Morgan fingerprint density at radius 3 is 2.63 bits per heavy atom. The van der Waals surface area contributed by atoms with Gasteiger partial charge in [-0.1, -0.05) is 30.7 Å². The second kappa shape index (κ2) is 7.25. The van der Waals surface area contributed by atoms with Crippen LogP contribution in [-0.2, 0) is 20.5 Å². The second-order valence-corrected chi connectivity index (χ2v) is 9.87. The highest BCUT2D eigenvalue weighted by Gasteiger charge is 2.55. The average molecular weight is 465 g/mol. The Hall–Kier alpha value is -4.00. The molecule has 3 aliphatic rings. The number of hydrogen-bond donors (Lipinski definition) is 0. The van der Waals surface area contributed by atoms with E-state index >= 15 is 0 Å². The first-order chi connectivity index (χ1) is 17.1. The van der Waals surface area contributed by atoms with Crippen molar-refractivity contribution in [2.75, 3.05) is 13.1 Å². The maximum absolute atomic E-state index is 13.9. The third-order valence-corrected chi connectivity index (χ3v) is 8.11. The molecule has 1 atom stereocenters. The zero-order valence-corrected chi connectivity index (χ0v) is 19.2. The maximum Gasteiger partial charge on any atom is 0.341 e. The van der Waals surface area contributed by atoms with Crippen LogP contribution in [0.1, 0.15) is 47.2 Å². The zero-order valence-electron chi connectivity index (χ0n) is 19.2. The third kappa shape index (κ3) is 2.84. The van der Waals surface area contributed by atoms with Gasteiger partial charge in [-0.3, -0.25) is 14.3 Å². The van der Waals surface area contributed by atoms with Crippen LogP contribution in [0.4, 0.5) is 0 Å². The van der Waals surface area contributed by atoms with Crippen LogP contribution in [0.5, 0.6) is 0 Å². The number of carbonyl (C=O) groups is 2. The van der Waals surface area contributed by atoms with Gasteiger partial charge in [0.1, 0.15) is 6.33 Å². The molecule has 4 heterocycles. The minimum absolute atomic E-state index is 0.139. The first kappa shape index (κ1) is 20.4. The van der Waals surface area contributed by atoms with Crippen molar-refractivity contribution in [3.8, 4) is 5.69 Å². The van der Waals surface area contributed by atoms with Crippen LogP contribution < -0.4 is 0 Å². The number of carbonyl (C=O) groups excluding carboxylic acids is 2. The molecule has 1 amide bonds. The van der Waals surface area contributed by atoms with Crippen LogP contribution in [-0.4, -0.2) is 44.4 Å². The highest BCUT2D eigenvalue weighted by atomic mass is 16.6. The smallest absolute Gasteiger partial charge is 0.341 e. The molecule has 1 saturated heterocycles. The van der Waals surface area contributed by atoms with Gasteiger partial charge in [-0.25, -0.2) is 9.78 Å². The summed E-state index contributed by atoms with van der Waals surface area (Å²) >= 11 is 0. The highest BCUT2D eigenvalue weighted by Crippen LogP contribution is 2.49. The van der Waals surface area contributed by atoms with Crippen molar-refractivity contribution in [1.82, 2.24) is 19.4 Å². The molecule has 35 heavy (non-hydrogen) atoms. The van der Waals surface area contributed by atoms with Gasteiger partial charge in [0.15, 0.2) is 5.60 Å². The Kier molecular flexibility index (Phi) is 4.22. The second-order valence-electron chi connectivity index (χ2n) is 9.87. The Balaban J connectivity index is 1.17. The molecule has 4 aromatic rings. The van der Waals surface area contributed by atoms with E-state index in [1.807, 2.05) is 35.5 Å². The van der Waals surface area contributed by atoms with Crippen molar-refractivity contribution in [2.24, 2.45) is 0 Å². The summed E-state index contributed by atoms with van der Waals surface area (Å²) in [5, 5.41) is 0. The minimum Gasteiger partial charge on any atom is -0.449 e. The molecule has 0 N–H and O–H groups in total. The lowest BCUT2D eigenvalue weighted by Gasteiger charge is -2.43. The van der Waals surface area contributed by atoms with E-state index in [9.17, 15) is 9.59 Å². The summed E-state index contributed by atoms with van der Waals surface area (Å²) in [5.74, 6) is -0.205. The zero-order chi connectivity index (χ0) is 23.6. The van der Waals surface area contributed by atoms with E-state index in [2.05, 4.69) is 44.9 Å². The molecule has 2 aromatic carbocycles. The predicted octanol–water partition coefficient (Wildman–Crippen LogP) is 4.14. The van der Waals surface area contributed by atoms with Crippen molar-refractivity contribution >= 4 is 22.9 Å². The molecule has 7 heteroatoms. The van der Waals surface area contributed by atoms with Gasteiger partial charge >= 0.3 is 5.97 Å². The average Bonchev–Trinajstić information content (AvgIpc) is 3.56. The van der Waals surface area contributed by atoms with E-state index < -0.39 is 11.0 Å². The van der Waals surface area contributed by atoms with Crippen LogP contribution in [0.25, 0.3) is 16.7 Å². The number of rotatable bonds is 3. The first-order valence-electron chi connectivity index (χ1n) is 12.1. The lowest BCUT2D eigenvalue weighted by Crippen LogP contribution is -2.51. The molecule has 1 saturated carbocycles. The Bertz CT molecular complexity index is 1490. The number of amides is 1. The van der Waals surface area contributed by atoms with Gasteiger partial charge in [-0.2, -0.15) is 0 Å². The lowest BCUT2D eigenvalue weighted by atomic mass is 9.63. The summed E-state index contributed by atoms with van der Waals surface area (Å²) in [4.78, 5) is 36.8. The minimum atomic E-state index is -0.748. The van der Waals surface area contributed by atoms with E-state index in [1.54, 1.807) is 12.4 Å². The third-order valence-electron chi connectivity index (χ3n) is 8.11. The Morgan fingerprint density at radius 1 is 1.00 bits per heavy atom. The molecule has 174 valence electrons. The number of para-hydroxylation sites is 2. The van der Waals surface area contributed by atoms with Crippen molar-refractivity contribution in [2.45, 2.75) is 36.7 Å². The maximum atomic E-state index is 13.9. The molecule has 2 fully saturated rings. The van der Waals surface area contributed by atoms with E-state index in [0.717, 1.165) is 47.1 Å². The lowest BCUT2D eigenvalue weighted by molar-refractivity contribution is -0.140. The molecular formula is C28H24N4O3. The number of hydrogen-bond acceptors (Lipinski definition) is 5. The summed E-state index contributed by atoms with van der Waals surface area (Å²) in [6, 6.07) is 18.2. The number of likely N-dealkylation sites (tertiary alicyclic amines) is 1. The fourth-order valence-electron chi connectivity index (χ4n) is 6.07. The van der Waals surface area contributed by atoms with Gasteiger partial charge in [-0.15, -0.1) is 0 Å². The molecular weight excluding hydrogens is 440 g/mol. The van der Waals surface area contributed by atoms with Gasteiger partial charge in [0.25, 0.3) is 0 Å². The topological polar surface area (TPSA) is 77.3 Å². The van der Waals surface area contributed by atoms with Crippen molar-refractivity contribution in [3.05, 3.63) is 90.0 Å². The SMILES string of the molecule is O=C1OC2(CCN(C(=O)C3(c4ccc(-n5cnc6ccccc65)cc4)CCC3)C2)c2ccncc21. The van der Waals surface area contributed by atoms with E-state index in [-0.39, 0.29) is 11.9 Å². The van der Waals surface area contributed by atoms with Crippen molar-refractivity contribution in [1.29, 1.82) is 0 Å². The largest absolute Gasteiger partial charge is 0.449 e. The number of imidazole rings is 1. The number of aromatic nitrogens is 3. The van der Waals surface area contributed by atoms with E-state index in [4.69, 9.17) is 4.74 Å². The molecule has 7 rings (SSSR count). The van der Waals surface area contributed by atoms with Gasteiger partial charge in [0.2, 0.25) is 5.91 Å². The van der Waals surface area contributed by atoms with Crippen LogP contribution in [0, 0.1) is 0 Å². The highest BCUT2D eigenvalue weighted by molar-refractivity contribution is 5.95. The molecule has 0 bridgehead atoms. The molecule has 2 aliphatic heterocycles. The normalized spacial score (nSPS) is 22.3. The molecule has 1 aliphatic carbocycles. The number of ether oxygens (including phenoxy) is 1. The van der Waals surface area contributed by atoms with E-state index in [1.165, 1.54) is 0 Å². The molecule has 0 radical (unpaired) electrons. The van der Waals surface area contributed by atoms with Gasteiger partial charge in [-0.05, 0) is 48.7 Å². The summed E-state index contributed by atoms with van der Waals surface area (Å²) < 4.78 is 7.91. The van der Waals surface area contributed by atoms with Crippen molar-refractivity contribution in [3.63, 3.8) is 0 Å². The summed E-state index contributed by atoms with van der Waals surface area (Å²) in [7, 11) is 0. The van der Waals surface area contributed by atoms with Gasteiger partial charge < -0.3 is 9.64 Å². The summed E-state index contributed by atoms with van der Waals surface area (Å²) in [6.07, 6.45) is 8.41. The van der Waals surface area contributed by atoms with Gasteiger partial charge in [0.05, 0.1) is 28.6 Å². The number of benzene rings is 2. The quantitative estimate of drug-likeness (QED) is 0.426. The number of pyridine rings is 1. The Labute approximate surface area is 202 Å². The van der Waals surface area contributed by atoms with Gasteiger partial charge in [0, 0.05) is 36.6 Å². The number of nitrogens with zero attached hydrogens (tertiary/aromatic N) is 4. The van der Waals surface area contributed by atoms with E-state index in [0.29, 0.717) is 25.1 Å². The standard InChI is InChI=1S/C28H24N4O3/c33-25-21-16-29-14-10-22(21)28(35-25)13-15-31(17-28)26(34)27(11-3-12-27)19-6-8-20(9-7-19)32-18-30-23-4-1-2-5-24(23)32/h1-2,4-10,14,16,18H,3,11-13,15,17H2. The first-order valence-corrected chi connectivity index (χ1v) is 12.1. The fourth-order valence-corrected chi connectivity index (χ4v) is 6.07. The Morgan fingerprint density at radius 2 is 1.83 bits per heavy atom. The molecule has 7 nitrogen and oxygen atoms in total. The number of esters is 1. The van der Waals surface area contributed by atoms with Crippen LogP contribution in [0.15, 0.2) is 73.3 Å². The monoisotopic (exact) mass is 464 g/mol. The summed E-state index contributed by atoms with van der Waals surface area (Å²) in [6.45, 7) is 0.976. The van der Waals surface area contributed by atoms with Crippen LogP contribution in [0.3, 0.4) is 0 Å².